The van der Waals surface area contributed by atoms with Gasteiger partial charge in [0.25, 0.3) is 0 Å². The molecular formula is C5H6Cl2F2. The van der Waals surface area contributed by atoms with Crippen LogP contribution in [0.3, 0.4) is 0 Å². The van der Waals surface area contributed by atoms with Gasteiger partial charge in [-0.25, -0.2) is 8.78 Å². The van der Waals surface area contributed by atoms with E-state index in [0.29, 0.717) is 0 Å². The third-order valence-corrected chi connectivity index (χ3v) is 2.87. The summed E-state index contributed by atoms with van der Waals surface area (Å²) in [6.07, 6.45) is -0.00540. The summed E-state index contributed by atoms with van der Waals surface area (Å²) < 4.78 is 25.1. The molecule has 0 aliphatic heterocycles. The van der Waals surface area contributed by atoms with Crippen molar-refractivity contribution in [3.63, 3.8) is 0 Å². The summed E-state index contributed by atoms with van der Waals surface area (Å²) in [6.45, 7) is 1.52. The number of hydrogen-bond acceptors (Lipinski definition) is 0. The van der Waals surface area contributed by atoms with Gasteiger partial charge in [0.05, 0.1) is 0 Å². The molecule has 1 fully saturated rings. The predicted octanol–water partition coefficient (Wildman–Crippen LogP) is 2.84. The lowest BCUT2D eigenvalue weighted by Gasteiger charge is -2.45. The second-order valence-electron chi connectivity index (χ2n) is 2.43. The van der Waals surface area contributed by atoms with Crippen molar-refractivity contribution in [2.45, 2.75) is 23.6 Å². The fourth-order valence-electron chi connectivity index (χ4n) is 0.878. The third kappa shape index (κ3) is 0.838. The Kier molecular flexibility index (Phi) is 1.45. The van der Waals surface area contributed by atoms with Crippen molar-refractivity contribution in [3.05, 3.63) is 0 Å². The molecule has 1 aliphatic carbocycles. The standard InChI is InChI=1S/C5H6Cl2F2/c1-3-2-4(6,8)5(3,7)9/h3H,2H2,1H3. The van der Waals surface area contributed by atoms with Crippen molar-refractivity contribution in [3.8, 4) is 0 Å². The molecule has 3 unspecified atom stereocenters. The van der Waals surface area contributed by atoms with Crippen LogP contribution in [-0.2, 0) is 0 Å². The molecule has 0 aromatic rings. The van der Waals surface area contributed by atoms with Crippen LogP contribution in [0.4, 0.5) is 8.78 Å². The van der Waals surface area contributed by atoms with Crippen LogP contribution in [0.25, 0.3) is 0 Å². The summed E-state index contributed by atoms with van der Waals surface area (Å²) in [5.41, 5.74) is 0. The Balaban J connectivity index is 2.70. The molecule has 0 aromatic heterocycles. The van der Waals surface area contributed by atoms with Crippen LogP contribution < -0.4 is 0 Å². The van der Waals surface area contributed by atoms with Crippen LogP contribution in [0.5, 0.6) is 0 Å². The number of rotatable bonds is 0. The molecule has 3 atom stereocenters. The van der Waals surface area contributed by atoms with E-state index in [2.05, 4.69) is 0 Å². The summed E-state index contributed by atoms with van der Waals surface area (Å²) in [5.74, 6) is -0.485. The lowest BCUT2D eigenvalue weighted by atomic mass is 9.81. The minimum atomic E-state index is -2.35. The van der Waals surface area contributed by atoms with E-state index in [0.717, 1.165) is 0 Å². The van der Waals surface area contributed by atoms with E-state index < -0.39 is 16.2 Å². The monoisotopic (exact) mass is 174 g/mol. The first kappa shape index (κ1) is 7.55. The predicted molar refractivity (Wildman–Crippen MR) is 33.2 cm³/mol. The number of hydrogen-bond donors (Lipinski definition) is 0. The van der Waals surface area contributed by atoms with E-state index in [4.69, 9.17) is 23.2 Å². The molecule has 1 rings (SSSR count). The highest BCUT2D eigenvalue weighted by molar-refractivity contribution is 6.34. The fraction of sp³-hybridized carbons (Fsp3) is 1.00. The van der Waals surface area contributed by atoms with Crippen LogP contribution in [0.1, 0.15) is 13.3 Å². The van der Waals surface area contributed by atoms with Gasteiger partial charge in [0, 0.05) is 12.3 Å². The van der Waals surface area contributed by atoms with Gasteiger partial charge in [-0.15, -0.1) is 0 Å². The van der Waals surface area contributed by atoms with Gasteiger partial charge in [-0.05, 0) is 0 Å². The van der Waals surface area contributed by atoms with E-state index >= 15 is 0 Å². The first-order chi connectivity index (χ1) is 3.88. The fourth-order valence-corrected chi connectivity index (χ4v) is 1.45. The molecule has 0 heterocycles. The average Bonchev–Trinajstić information content (AvgIpc) is 1.65. The number of alkyl halides is 4. The molecule has 1 aliphatic rings. The molecule has 0 radical (unpaired) electrons. The molecule has 0 nitrogen and oxygen atoms in total. The highest BCUT2D eigenvalue weighted by Crippen LogP contribution is 2.57. The minimum absolute atomic E-state index is 0.00540. The molecule has 0 aromatic carbocycles. The smallest absolute Gasteiger partial charge is 0.221 e. The molecule has 0 amide bonds. The maximum absolute atomic E-state index is 12.6. The van der Waals surface area contributed by atoms with Crippen LogP contribution in [-0.4, -0.2) is 10.3 Å². The van der Waals surface area contributed by atoms with Crippen molar-refractivity contribution >= 4 is 23.2 Å². The largest absolute Gasteiger partial charge is 0.233 e. The molecule has 4 heteroatoms. The van der Waals surface area contributed by atoms with Gasteiger partial charge >= 0.3 is 0 Å². The van der Waals surface area contributed by atoms with Gasteiger partial charge < -0.3 is 0 Å². The van der Waals surface area contributed by atoms with Crippen LogP contribution in [0.2, 0.25) is 0 Å². The highest BCUT2D eigenvalue weighted by atomic mass is 35.5. The summed E-state index contributed by atoms with van der Waals surface area (Å²) in [4.78, 5) is 0. The van der Waals surface area contributed by atoms with Crippen molar-refractivity contribution < 1.29 is 8.78 Å². The van der Waals surface area contributed by atoms with Crippen molar-refractivity contribution in [2.75, 3.05) is 0 Å². The third-order valence-electron chi connectivity index (χ3n) is 1.67. The van der Waals surface area contributed by atoms with E-state index in [1.165, 1.54) is 6.92 Å². The molecule has 0 spiro atoms. The minimum Gasteiger partial charge on any atom is -0.221 e. The first-order valence-corrected chi connectivity index (χ1v) is 3.39. The molecule has 1 saturated carbocycles. The van der Waals surface area contributed by atoms with E-state index in [1.54, 1.807) is 0 Å². The highest BCUT2D eigenvalue weighted by Gasteiger charge is 2.65. The Morgan fingerprint density at radius 1 is 1.44 bits per heavy atom. The summed E-state index contributed by atoms with van der Waals surface area (Å²) >= 11 is 10.1. The first-order valence-electron chi connectivity index (χ1n) is 2.63. The van der Waals surface area contributed by atoms with E-state index in [1.807, 2.05) is 0 Å². The maximum atomic E-state index is 12.6. The summed E-state index contributed by atoms with van der Waals surface area (Å²) in [6, 6.07) is 0. The maximum Gasteiger partial charge on any atom is 0.233 e. The Morgan fingerprint density at radius 2 is 1.89 bits per heavy atom. The molecule has 0 saturated heterocycles. The Labute approximate surface area is 62.1 Å². The molecule has 54 valence electrons. The van der Waals surface area contributed by atoms with Gasteiger partial charge in [0.15, 0.2) is 0 Å². The van der Waals surface area contributed by atoms with Crippen molar-refractivity contribution in [1.29, 1.82) is 0 Å². The molecular weight excluding hydrogens is 169 g/mol. The SMILES string of the molecule is CC1CC(F)(Cl)C1(F)Cl. The molecule has 0 bridgehead atoms. The molecule has 0 N–H and O–H groups in total. The van der Waals surface area contributed by atoms with E-state index in [-0.39, 0.29) is 6.42 Å². The topological polar surface area (TPSA) is 0 Å². The van der Waals surface area contributed by atoms with Crippen molar-refractivity contribution in [2.24, 2.45) is 5.92 Å². The van der Waals surface area contributed by atoms with Crippen molar-refractivity contribution in [1.82, 2.24) is 0 Å². The van der Waals surface area contributed by atoms with E-state index in [9.17, 15) is 8.78 Å². The molecule has 9 heavy (non-hydrogen) atoms. The average molecular weight is 175 g/mol. The van der Waals surface area contributed by atoms with Crippen LogP contribution >= 0.6 is 23.2 Å². The van der Waals surface area contributed by atoms with Gasteiger partial charge in [-0.1, -0.05) is 30.1 Å². The zero-order valence-electron chi connectivity index (χ0n) is 4.80. The Hall–Kier alpha value is 0.440. The van der Waals surface area contributed by atoms with Crippen LogP contribution in [0, 0.1) is 5.92 Å². The second kappa shape index (κ2) is 1.73. The van der Waals surface area contributed by atoms with Gasteiger partial charge in [0.1, 0.15) is 0 Å². The summed E-state index contributed by atoms with van der Waals surface area (Å²) in [5, 5.41) is -4.69. The lowest BCUT2D eigenvalue weighted by Crippen LogP contribution is -2.55. The second-order valence-corrected chi connectivity index (χ2v) is 3.58. The quantitative estimate of drug-likeness (QED) is 0.496. The summed E-state index contributed by atoms with van der Waals surface area (Å²) in [7, 11) is 0. The normalized spacial score (nSPS) is 59.0. The van der Waals surface area contributed by atoms with Crippen LogP contribution in [0.15, 0.2) is 0 Å². The zero-order chi connectivity index (χ0) is 7.28. The Morgan fingerprint density at radius 3 is 1.89 bits per heavy atom. The van der Waals surface area contributed by atoms with Gasteiger partial charge in [0.2, 0.25) is 10.3 Å². The Bertz CT molecular complexity index is 133. The lowest BCUT2D eigenvalue weighted by molar-refractivity contribution is -0.0565. The van der Waals surface area contributed by atoms with Gasteiger partial charge in [-0.3, -0.25) is 0 Å². The number of halogens is 4. The zero-order valence-corrected chi connectivity index (χ0v) is 6.31. The van der Waals surface area contributed by atoms with Gasteiger partial charge in [-0.2, -0.15) is 0 Å².